The van der Waals surface area contributed by atoms with Crippen LogP contribution in [0.2, 0.25) is 0 Å². The van der Waals surface area contributed by atoms with E-state index in [1.165, 1.54) is 58.2 Å². The zero-order chi connectivity index (χ0) is 10.2. The first-order valence-electron chi connectivity index (χ1n) is 6.25. The molecule has 0 unspecified atom stereocenters. The molecule has 1 atom stereocenters. The van der Waals surface area contributed by atoms with E-state index in [1.54, 1.807) is 0 Å². The van der Waals surface area contributed by atoms with Crippen LogP contribution < -0.4 is 5.32 Å². The van der Waals surface area contributed by atoms with Crippen molar-refractivity contribution in [3.63, 3.8) is 0 Å². The monoisotopic (exact) mass is 198 g/mol. The SMILES string of the molecule is CCCCNCCC[C@H]1CCCN1C. The van der Waals surface area contributed by atoms with Crippen LogP contribution in [0.15, 0.2) is 0 Å². The summed E-state index contributed by atoms with van der Waals surface area (Å²) in [5.41, 5.74) is 0. The van der Waals surface area contributed by atoms with Crippen LogP contribution in [0.5, 0.6) is 0 Å². The van der Waals surface area contributed by atoms with E-state index >= 15 is 0 Å². The van der Waals surface area contributed by atoms with Gasteiger partial charge in [0, 0.05) is 6.04 Å². The molecule has 1 aliphatic heterocycles. The van der Waals surface area contributed by atoms with Crippen LogP contribution in [0.1, 0.15) is 45.4 Å². The zero-order valence-corrected chi connectivity index (χ0v) is 9.89. The molecular formula is C12H26N2. The fourth-order valence-corrected chi connectivity index (χ4v) is 2.23. The third kappa shape index (κ3) is 4.43. The van der Waals surface area contributed by atoms with Crippen LogP contribution in [0.4, 0.5) is 0 Å². The van der Waals surface area contributed by atoms with Crippen molar-refractivity contribution in [3.05, 3.63) is 0 Å². The lowest BCUT2D eigenvalue weighted by molar-refractivity contribution is 0.291. The maximum Gasteiger partial charge on any atom is 0.00931 e. The average Bonchev–Trinajstić information content (AvgIpc) is 2.58. The molecule has 1 fully saturated rings. The molecule has 1 rings (SSSR count). The van der Waals surface area contributed by atoms with Gasteiger partial charge in [0.15, 0.2) is 0 Å². The molecule has 1 aliphatic rings. The minimum Gasteiger partial charge on any atom is -0.317 e. The van der Waals surface area contributed by atoms with Crippen LogP contribution in [0.25, 0.3) is 0 Å². The molecule has 0 saturated carbocycles. The molecule has 0 amide bonds. The third-order valence-corrected chi connectivity index (χ3v) is 3.27. The minimum absolute atomic E-state index is 0.878. The number of hydrogen-bond donors (Lipinski definition) is 1. The summed E-state index contributed by atoms with van der Waals surface area (Å²) in [6.45, 7) is 5.98. The first-order valence-corrected chi connectivity index (χ1v) is 6.25. The van der Waals surface area contributed by atoms with E-state index in [0.717, 1.165) is 6.04 Å². The topological polar surface area (TPSA) is 15.3 Å². The number of nitrogens with one attached hydrogen (secondary N) is 1. The molecule has 0 radical (unpaired) electrons. The Morgan fingerprint density at radius 2 is 2.07 bits per heavy atom. The molecule has 0 spiro atoms. The van der Waals surface area contributed by atoms with Gasteiger partial charge in [-0.3, -0.25) is 0 Å². The summed E-state index contributed by atoms with van der Waals surface area (Å²) in [5.74, 6) is 0. The predicted molar refractivity (Wildman–Crippen MR) is 62.7 cm³/mol. The molecule has 2 nitrogen and oxygen atoms in total. The maximum atomic E-state index is 3.51. The maximum absolute atomic E-state index is 3.51. The Morgan fingerprint density at radius 1 is 1.29 bits per heavy atom. The van der Waals surface area contributed by atoms with Gasteiger partial charge in [-0.1, -0.05) is 13.3 Å². The van der Waals surface area contributed by atoms with E-state index in [0.29, 0.717) is 0 Å². The van der Waals surface area contributed by atoms with Crippen molar-refractivity contribution in [2.75, 3.05) is 26.7 Å². The predicted octanol–water partition coefficient (Wildman–Crippen LogP) is 2.25. The highest BCUT2D eigenvalue weighted by molar-refractivity contribution is 4.76. The quantitative estimate of drug-likeness (QED) is 0.631. The molecule has 14 heavy (non-hydrogen) atoms. The Kier molecular flexibility index (Phi) is 6.20. The lowest BCUT2D eigenvalue weighted by atomic mass is 10.1. The van der Waals surface area contributed by atoms with Gasteiger partial charge in [0.1, 0.15) is 0 Å². The number of unbranched alkanes of at least 4 members (excludes halogenated alkanes) is 1. The van der Waals surface area contributed by atoms with Crippen LogP contribution in [0, 0.1) is 0 Å². The van der Waals surface area contributed by atoms with Crippen molar-refractivity contribution < 1.29 is 0 Å². The van der Waals surface area contributed by atoms with Crippen LogP contribution in [-0.4, -0.2) is 37.6 Å². The van der Waals surface area contributed by atoms with E-state index in [4.69, 9.17) is 0 Å². The lowest BCUT2D eigenvalue weighted by Crippen LogP contribution is -2.26. The Labute approximate surface area is 89.1 Å². The van der Waals surface area contributed by atoms with E-state index in [2.05, 4.69) is 24.2 Å². The van der Waals surface area contributed by atoms with Gasteiger partial charge in [0.25, 0.3) is 0 Å². The van der Waals surface area contributed by atoms with Gasteiger partial charge in [-0.2, -0.15) is 0 Å². The molecule has 2 heteroatoms. The third-order valence-electron chi connectivity index (χ3n) is 3.27. The molecule has 1 N–H and O–H groups in total. The molecule has 84 valence electrons. The fourth-order valence-electron chi connectivity index (χ4n) is 2.23. The van der Waals surface area contributed by atoms with Crippen molar-refractivity contribution in [3.8, 4) is 0 Å². The van der Waals surface area contributed by atoms with Crippen molar-refractivity contribution >= 4 is 0 Å². The number of hydrogen-bond acceptors (Lipinski definition) is 2. The summed E-state index contributed by atoms with van der Waals surface area (Å²) in [7, 11) is 2.27. The van der Waals surface area contributed by atoms with Crippen LogP contribution in [0.3, 0.4) is 0 Å². The van der Waals surface area contributed by atoms with Crippen LogP contribution >= 0.6 is 0 Å². The van der Waals surface area contributed by atoms with Gasteiger partial charge in [-0.25, -0.2) is 0 Å². The second-order valence-electron chi connectivity index (χ2n) is 4.52. The largest absolute Gasteiger partial charge is 0.317 e. The standard InChI is InChI=1S/C12H26N2/c1-3-4-9-13-10-5-7-12-8-6-11-14(12)2/h12-13H,3-11H2,1-2H3/t12-/m0/s1. The molecule has 0 aromatic rings. The molecule has 0 bridgehead atoms. The van der Waals surface area contributed by atoms with Gasteiger partial charge < -0.3 is 10.2 Å². The smallest absolute Gasteiger partial charge is 0.00931 e. The molecule has 0 aromatic carbocycles. The van der Waals surface area contributed by atoms with E-state index < -0.39 is 0 Å². The fraction of sp³-hybridized carbons (Fsp3) is 1.00. The van der Waals surface area contributed by atoms with Gasteiger partial charge in [0.05, 0.1) is 0 Å². The van der Waals surface area contributed by atoms with Crippen molar-refractivity contribution in [1.82, 2.24) is 10.2 Å². The Morgan fingerprint density at radius 3 is 2.71 bits per heavy atom. The number of rotatable bonds is 7. The molecule has 1 saturated heterocycles. The van der Waals surface area contributed by atoms with Crippen LogP contribution in [-0.2, 0) is 0 Å². The van der Waals surface area contributed by atoms with E-state index in [1.807, 2.05) is 0 Å². The lowest BCUT2D eigenvalue weighted by Gasteiger charge is -2.19. The summed E-state index contributed by atoms with van der Waals surface area (Å²) in [4.78, 5) is 2.52. The van der Waals surface area contributed by atoms with Crippen molar-refractivity contribution in [2.24, 2.45) is 0 Å². The van der Waals surface area contributed by atoms with Gasteiger partial charge in [-0.05, 0) is 58.8 Å². The highest BCUT2D eigenvalue weighted by Gasteiger charge is 2.19. The minimum atomic E-state index is 0.878. The summed E-state index contributed by atoms with van der Waals surface area (Å²) in [6.07, 6.45) is 8.19. The Bertz CT molecular complexity index is 136. The first-order chi connectivity index (χ1) is 6.84. The second-order valence-corrected chi connectivity index (χ2v) is 4.52. The normalized spacial score (nSPS) is 23.1. The number of nitrogens with zero attached hydrogens (tertiary/aromatic N) is 1. The first kappa shape index (κ1) is 12.0. The van der Waals surface area contributed by atoms with Gasteiger partial charge in [0.2, 0.25) is 0 Å². The molecule has 0 aliphatic carbocycles. The summed E-state index contributed by atoms with van der Waals surface area (Å²) in [5, 5.41) is 3.51. The van der Waals surface area contributed by atoms with Crippen molar-refractivity contribution in [1.29, 1.82) is 0 Å². The highest BCUT2D eigenvalue weighted by Crippen LogP contribution is 2.18. The van der Waals surface area contributed by atoms with Gasteiger partial charge in [-0.15, -0.1) is 0 Å². The summed E-state index contributed by atoms with van der Waals surface area (Å²) < 4.78 is 0. The highest BCUT2D eigenvalue weighted by atomic mass is 15.1. The average molecular weight is 198 g/mol. The van der Waals surface area contributed by atoms with Gasteiger partial charge >= 0.3 is 0 Å². The zero-order valence-electron chi connectivity index (χ0n) is 9.89. The van der Waals surface area contributed by atoms with Crippen molar-refractivity contribution in [2.45, 2.75) is 51.5 Å². The Balaban J connectivity index is 1.88. The summed E-state index contributed by atoms with van der Waals surface area (Å²) in [6, 6.07) is 0.878. The molecular weight excluding hydrogens is 172 g/mol. The number of likely N-dealkylation sites (tertiary alicyclic amines) is 1. The molecule has 1 heterocycles. The van der Waals surface area contributed by atoms with E-state index in [-0.39, 0.29) is 0 Å². The molecule has 0 aromatic heterocycles. The summed E-state index contributed by atoms with van der Waals surface area (Å²) >= 11 is 0. The Hall–Kier alpha value is -0.0800. The second kappa shape index (κ2) is 7.24. The van der Waals surface area contributed by atoms with E-state index in [9.17, 15) is 0 Å².